The van der Waals surface area contributed by atoms with Crippen LogP contribution >= 0.6 is 0 Å². The third-order valence-corrected chi connectivity index (χ3v) is 6.02. The number of ether oxygens (including phenoxy) is 1. The minimum Gasteiger partial charge on any atom is -0.461 e. The number of fused-ring (bicyclic) bond motifs is 1. The fourth-order valence-electron chi connectivity index (χ4n) is 4.11. The average Bonchev–Trinajstić information content (AvgIpc) is 3.06. The average molecular weight is 367 g/mol. The Bertz CT molecular complexity index is 848. The van der Waals surface area contributed by atoms with Crippen molar-refractivity contribution in [2.75, 3.05) is 6.61 Å². The normalized spacial score (nSPS) is 24.7. The second-order valence-corrected chi connectivity index (χ2v) is 7.43. The Morgan fingerprint density at radius 3 is 2.67 bits per heavy atom. The molecular formula is C22H25NO4. The molecular weight excluding hydrogens is 342 g/mol. The Kier molecular flexibility index (Phi) is 5.31. The first-order valence-electron chi connectivity index (χ1n) is 9.35. The van der Waals surface area contributed by atoms with E-state index >= 15 is 0 Å². The lowest BCUT2D eigenvalue weighted by atomic mass is 9.65. The Labute approximate surface area is 159 Å². The van der Waals surface area contributed by atoms with Gasteiger partial charge in [0.2, 0.25) is 0 Å². The molecule has 1 aromatic carbocycles. The molecule has 3 rings (SSSR count). The molecule has 0 heterocycles. The second-order valence-electron chi connectivity index (χ2n) is 7.43. The summed E-state index contributed by atoms with van der Waals surface area (Å²) in [7, 11) is 0. The lowest BCUT2D eigenvalue weighted by molar-refractivity contribution is -0.384. The Balaban J connectivity index is 1.77. The van der Waals surface area contributed by atoms with Gasteiger partial charge in [-0.15, -0.1) is 0 Å². The van der Waals surface area contributed by atoms with Gasteiger partial charge in [-0.3, -0.25) is 10.1 Å². The molecule has 0 unspecified atom stereocenters. The van der Waals surface area contributed by atoms with E-state index < -0.39 is 10.9 Å². The van der Waals surface area contributed by atoms with E-state index in [0.29, 0.717) is 18.1 Å². The van der Waals surface area contributed by atoms with E-state index in [-0.39, 0.29) is 11.1 Å². The van der Waals surface area contributed by atoms with E-state index in [0.717, 1.165) is 19.3 Å². The summed E-state index contributed by atoms with van der Waals surface area (Å²) in [6, 6.07) is 5.55. The van der Waals surface area contributed by atoms with E-state index in [2.05, 4.69) is 32.1 Å². The molecule has 0 bridgehead atoms. The number of esters is 1. The molecule has 1 aromatic rings. The SMILES string of the molecule is C/C=C(/C)C1=CC[C@@]2(COC(=O)c3ccc([N+](=O)[O-])cc3)C1=CCC[C@@H]2C. The maximum Gasteiger partial charge on any atom is 0.338 e. The summed E-state index contributed by atoms with van der Waals surface area (Å²) < 4.78 is 5.70. The Hall–Kier alpha value is -2.69. The van der Waals surface area contributed by atoms with E-state index in [4.69, 9.17) is 4.74 Å². The first-order chi connectivity index (χ1) is 12.9. The van der Waals surface area contributed by atoms with Gasteiger partial charge in [-0.1, -0.05) is 25.2 Å². The van der Waals surface area contributed by atoms with Crippen LogP contribution in [0.2, 0.25) is 0 Å². The summed E-state index contributed by atoms with van der Waals surface area (Å²) in [5, 5.41) is 10.8. The number of carbonyl (C=O) groups is 1. The molecule has 0 aromatic heterocycles. The summed E-state index contributed by atoms with van der Waals surface area (Å²) in [5.41, 5.74) is 3.95. The molecule has 0 aliphatic heterocycles. The number of nitrogens with zero attached hydrogens (tertiary/aromatic N) is 1. The summed E-state index contributed by atoms with van der Waals surface area (Å²) in [5.74, 6) is -0.0202. The second kappa shape index (κ2) is 7.51. The topological polar surface area (TPSA) is 69.4 Å². The summed E-state index contributed by atoms with van der Waals surface area (Å²) >= 11 is 0. The first kappa shape index (κ1) is 19.1. The van der Waals surface area contributed by atoms with Crippen molar-refractivity contribution in [3.63, 3.8) is 0 Å². The summed E-state index contributed by atoms with van der Waals surface area (Å²) in [6.45, 7) is 6.71. The predicted molar refractivity (Wildman–Crippen MR) is 104 cm³/mol. The zero-order valence-electron chi connectivity index (χ0n) is 16.0. The molecule has 2 aliphatic rings. The van der Waals surface area contributed by atoms with E-state index in [1.807, 2.05) is 6.92 Å². The Morgan fingerprint density at radius 1 is 1.33 bits per heavy atom. The van der Waals surface area contributed by atoms with Gasteiger partial charge >= 0.3 is 5.97 Å². The van der Waals surface area contributed by atoms with Gasteiger partial charge in [0.15, 0.2) is 0 Å². The van der Waals surface area contributed by atoms with Crippen LogP contribution in [0.4, 0.5) is 5.69 Å². The van der Waals surface area contributed by atoms with Gasteiger partial charge in [0.25, 0.3) is 5.69 Å². The van der Waals surface area contributed by atoms with Crippen molar-refractivity contribution in [3.05, 3.63) is 74.9 Å². The van der Waals surface area contributed by atoms with Crippen LogP contribution in [-0.2, 0) is 4.74 Å². The van der Waals surface area contributed by atoms with Crippen molar-refractivity contribution in [2.24, 2.45) is 11.3 Å². The zero-order valence-corrected chi connectivity index (χ0v) is 16.0. The highest BCUT2D eigenvalue weighted by atomic mass is 16.6. The maximum absolute atomic E-state index is 12.5. The molecule has 0 N–H and O–H groups in total. The molecule has 0 saturated heterocycles. The number of non-ortho nitro benzene ring substituents is 1. The first-order valence-corrected chi connectivity index (χ1v) is 9.35. The summed E-state index contributed by atoms with van der Waals surface area (Å²) in [6.07, 6.45) is 9.67. The zero-order chi connectivity index (χ0) is 19.6. The molecule has 0 fully saturated rings. The molecule has 0 spiro atoms. The van der Waals surface area contributed by atoms with E-state index in [1.165, 1.54) is 41.0 Å². The van der Waals surface area contributed by atoms with Gasteiger partial charge < -0.3 is 4.74 Å². The van der Waals surface area contributed by atoms with Gasteiger partial charge in [0, 0.05) is 17.5 Å². The van der Waals surface area contributed by atoms with Crippen molar-refractivity contribution < 1.29 is 14.5 Å². The van der Waals surface area contributed by atoms with Crippen LogP contribution in [-0.4, -0.2) is 17.5 Å². The fourth-order valence-corrected chi connectivity index (χ4v) is 4.11. The smallest absolute Gasteiger partial charge is 0.338 e. The molecule has 142 valence electrons. The van der Waals surface area contributed by atoms with Crippen molar-refractivity contribution in [3.8, 4) is 0 Å². The lowest BCUT2D eigenvalue weighted by Crippen LogP contribution is -2.37. The standard InChI is InChI=1S/C22H25NO4/c1-4-15(2)19-12-13-22(16(3)6-5-7-20(19)22)14-27-21(24)17-8-10-18(11-9-17)23(25)26/h4,7-12,16H,5-6,13-14H2,1-3H3/b15-4-/t16-,22-/m0/s1. The van der Waals surface area contributed by atoms with Crippen LogP contribution in [0.3, 0.4) is 0 Å². The van der Waals surface area contributed by atoms with Crippen LogP contribution in [0, 0.1) is 21.4 Å². The lowest BCUT2D eigenvalue weighted by Gasteiger charge is -2.40. The minimum absolute atomic E-state index is 0.0391. The van der Waals surface area contributed by atoms with E-state index in [1.54, 1.807) is 0 Å². The number of allylic oxidation sites excluding steroid dienone is 5. The van der Waals surface area contributed by atoms with Crippen molar-refractivity contribution in [2.45, 2.75) is 40.0 Å². The maximum atomic E-state index is 12.5. The van der Waals surface area contributed by atoms with Crippen LogP contribution in [0.25, 0.3) is 0 Å². The van der Waals surface area contributed by atoms with Gasteiger partial charge in [-0.2, -0.15) is 0 Å². The molecule has 0 saturated carbocycles. The van der Waals surface area contributed by atoms with Crippen molar-refractivity contribution >= 4 is 11.7 Å². The third-order valence-electron chi connectivity index (χ3n) is 6.02. The minimum atomic E-state index is -0.482. The number of nitro benzene ring substituents is 1. The Morgan fingerprint density at radius 2 is 2.04 bits per heavy atom. The van der Waals surface area contributed by atoms with Crippen molar-refractivity contribution in [1.82, 2.24) is 0 Å². The van der Waals surface area contributed by atoms with Gasteiger partial charge in [0.05, 0.1) is 10.5 Å². The molecule has 2 atom stereocenters. The quantitative estimate of drug-likeness (QED) is 0.397. The molecule has 0 radical (unpaired) electrons. The number of hydrogen-bond acceptors (Lipinski definition) is 4. The number of rotatable bonds is 5. The fraction of sp³-hybridized carbons (Fsp3) is 0.409. The molecule has 27 heavy (non-hydrogen) atoms. The highest BCUT2D eigenvalue weighted by molar-refractivity contribution is 5.89. The predicted octanol–water partition coefficient (Wildman–Crippen LogP) is 5.39. The van der Waals surface area contributed by atoms with E-state index in [9.17, 15) is 14.9 Å². The number of carbonyl (C=O) groups excluding carboxylic acids is 1. The number of benzene rings is 1. The number of nitro groups is 1. The number of hydrogen-bond donors (Lipinski definition) is 0. The van der Waals surface area contributed by atoms with Crippen LogP contribution in [0.1, 0.15) is 50.4 Å². The monoisotopic (exact) mass is 367 g/mol. The highest BCUT2D eigenvalue weighted by Gasteiger charge is 2.46. The molecule has 5 heteroatoms. The van der Waals surface area contributed by atoms with Gasteiger partial charge in [-0.05, 0) is 67.9 Å². The van der Waals surface area contributed by atoms with Gasteiger partial charge in [0.1, 0.15) is 6.61 Å². The molecule has 2 aliphatic carbocycles. The molecule has 5 nitrogen and oxygen atoms in total. The third kappa shape index (κ3) is 3.46. The van der Waals surface area contributed by atoms with Crippen LogP contribution in [0.5, 0.6) is 0 Å². The van der Waals surface area contributed by atoms with Crippen LogP contribution in [0.15, 0.2) is 59.2 Å². The van der Waals surface area contributed by atoms with Crippen molar-refractivity contribution in [1.29, 1.82) is 0 Å². The van der Waals surface area contributed by atoms with Crippen LogP contribution < -0.4 is 0 Å². The van der Waals surface area contributed by atoms with Gasteiger partial charge in [-0.25, -0.2) is 4.79 Å². The summed E-state index contributed by atoms with van der Waals surface area (Å²) in [4.78, 5) is 22.8. The highest BCUT2D eigenvalue weighted by Crippen LogP contribution is 2.54. The largest absolute Gasteiger partial charge is 0.461 e. The molecule has 0 amide bonds.